The van der Waals surface area contributed by atoms with Crippen LogP contribution >= 0.6 is 15.9 Å². The standard InChI is InChI=1S/C15H13BrN2O/c1-10(18)13-7-6-12(16)8-15(13)19-14-5-3-2-4-11(14)9-17/h2-8,10H,18H2,1H3. The van der Waals surface area contributed by atoms with E-state index in [9.17, 15) is 0 Å². The monoisotopic (exact) mass is 316 g/mol. The maximum Gasteiger partial charge on any atom is 0.145 e. The quantitative estimate of drug-likeness (QED) is 0.926. The molecule has 0 aliphatic rings. The molecule has 0 saturated heterocycles. The Kier molecular flexibility index (Phi) is 4.20. The average Bonchev–Trinajstić information content (AvgIpc) is 2.39. The van der Waals surface area contributed by atoms with E-state index in [0.29, 0.717) is 17.1 Å². The number of hydrogen-bond donors (Lipinski definition) is 1. The third-order valence-electron chi connectivity index (χ3n) is 2.69. The van der Waals surface area contributed by atoms with E-state index < -0.39 is 0 Å². The smallest absolute Gasteiger partial charge is 0.145 e. The molecule has 4 heteroatoms. The molecule has 2 N–H and O–H groups in total. The summed E-state index contributed by atoms with van der Waals surface area (Å²) in [6, 6.07) is 14.8. The Morgan fingerprint density at radius 3 is 2.63 bits per heavy atom. The van der Waals surface area contributed by atoms with Crippen LogP contribution in [0, 0.1) is 11.3 Å². The van der Waals surface area contributed by atoms with Gasteiger partial charge in [-0.3, -0.25) is 0 Å². The van der Waals surface area contributed by atoms with Crippen molar-refractivity contribution in [2.45, 2.75) is 13.0 Å². The largest absolute Gasteiger partial charge is 0.456 e. The summed E-state index contributed by atoms with van der Waals surface area (Å²) in [5, 5.41) is 9.07. The first-order valence-electron chi connectivity index (χ1n) is 5.84. The van der Waals surface area contributed by atoms with Crippen molar-refractivity contribution in [3.63, 3.8) is 0 Å². The number of para-hydroxylation sites is 1. The van der Waals surface area contributed by atoms with Gasteiger partial charge in [-0.2, -0.15) is 5.26 Å². The predicted octanol–water partition coefficient (Wildman–Crippen LogP) is 4.13. The summed E-state index contributed by atoms with van der Waals surface area (Å²) >= 11 is 3.41. The summed E-state index contributed by atoms with van der Waals surface area (Å²) < 4.78 is 6.75. The highest BCUT2D eigenvalue weighted by Gasteiger charge is 2.11. The molecule has 0 spiro atoms. The second kappa shape index (κ2) is 5.87. The van der Waals surface area contributed by atoms with Gasteiger partial charge in [-0.15, -0.1) is 0 Å². The zero-order valence-corrected chi connectivity index (χ0v) is 12.0. The number of halogens is 1. The molecule has 3 nitrogen and oxygen atoms in total. The summed E-state index contributed by atoms with van der Waals surface area (Å²) in [7, 11) is 0. The lowest BCUT2D eigenvalue weighted by molar-refractivity contribution is 0.470. The van der Waals surface area contributed by atoms with Crippen LogP contribution in [0.5, 0.6) is 11.5 Å². The molecule has 0 radical (unpaired) electrons. The van der Waals surface area contributed by atoms with Crippen molar-refractivity contribution in [1.29, 1.82) is 5.26 Å². The molecule has 0 aliphatic heterocycles. The van der Waals surface area contributed by atoms with Gasteiger partial charge in [-0.25, -0.2) is 0 Å². The van der Waals surface area contributed by atoms with E-state index >= 15 is 0 Å². The van der Waals surface area contributed by atoms with Crippen molar-refractivity contribution in [3.8, 4) is 17.6 Å². The lowest BCUT2D eigenvalue weighted by atomic mass is 10.1. The number of rotatable bonds is 3. The van der Waals surface area contributed by atoms with Crippen LogP contribution in [0.2, 0.25) is 0 Å². The highest BCUT2D eigenvalue weighted by molar-refractivity contribution is 9.10. The average molecular weight is 317 g/mol. The molecule has 0 aliphatic carbocycles. The van der Waals surface area contributed by atoms with Gasteiger partial charge in [0, 0.05) is 16.1 Å². The highest BCUT2D eigenvalue weighted by atomic mass is 79.9. The minimum atomic E-state index is -0.141. The minimum Gasteiger partial charge on any atom is -0.456 e. The molecule has 0 bridgehead atoms. The first kappa shape index (κ1) is 13.6. The fraction of sp³-hybridized carbons (Fsp3) is 0.133. The van der Waals surface area contributed by atoms with E-state index in [2.05, 4.69) is 22.0 Å². The molecular weight excluding hydrogens is 304 g/mol. The SMILES string of the molecule is CC(N)c1ccc(Br)cc1Oc1ccccc1C#N. The van der Waals surface area contributed by atoms with E-state index in [1.54, 1.807) is 18.2 Å². The first-order valence-corrected chi connectivity index (χ1v) is 6.63. The van der Waals surface area contributed by atoms with Gasteiger partial charge in [-0.1, -0.05) is 34.1 Å². The zero-order chi connectivity index (χ0) is 13.8. The molecule has 0 amide bonds. The summed E-state index contributed by atoms with van der Waals surface area (Å²) in [6.07, 6.45) is 0. The van der Waals surface area contributed by atoms with Gasteiger partial charge in [0.05, 0.1) is 5.56 Å². The van der Waals surface area contributed by atoms with Crippen molar-refractivity contribution in [2.75, 3.05) is 0 Å². The Labute approximate surface area is 120 Å². The van der Waals surface area contributed by atoms with E-state index in [0.717, 1.165) is 10.0 Å². The highest BCUT2D eigenvalue weighted by Crippen LogP contribution is 2.32. The van der Waals surface area contributed by atoms with E-state index in [1.165, 1.54) is 0 Å². The molecular formula is C15H13BrN2O. The Hall–Kier alpha value is -1.83. The fourth-order valence-electron chi connectivity index (χ4n) is 1.74. The van der Waals surface area contributed by atoms with Gasteiger partial charge in [0.25, 0.3) is 0 Å². The molecule has 0 aromatic heterocycles. The van der Waals surface area contributed by atoms with Crippen LogP contribution in [0.4, 0.5) is 0 Å². The maximum atomic E-state index is 9.07. The number of hydrogen-bond acceptors (Lipinski definition) is 3. The molecule has 2 rings (SSSR count). The van der Waals surface area contributed by atoms with Crippen LogP contribution in [-0.2, 0) is 0 Å². The van der Waals surface area contributed by atoms with Crippen LogP contribution in [0.25, 0.3) is 0 Å². The molecule has 19 heavy (non-hydrogen) atoms. The van der Waals surface area contributed by atoms with E-state index in [-0.39, 0.29) is 6.04 Å². The summed E-state index contributed by atoms with van der Waals surface area (Å²) in [5.74, 6) is 1.19. The van der Waals surface area contributed by atoms with Crippen LogP contribution in [0.3, 0.4) is 0 Å². The van der Waals surface area contributed by atoms with Gasteiger partial charge in [0.2, 0.25) is 0 Å². The normalized spacial score (nSPS) is 11.7. The van der Waals surface area contributed by atoms with E-state index in [4.69, 9.17) is 15.7 Å². The van der Waals surface area contributed by atoms with Gasteiger partial charge in [0.15, 0.2) is 0 Å². The van der Waals surface area contributed by atoms with Crippen molar-refractivity contribution in [1.82, 2.24) is 0 Å². The Morgan fingerprint density at radius 2 is 1.95 bits per heavy atom. The van der Waals surface area contributed by atoms with Crippen molar-refractivity contribution < 1.29 is 4.74 Å². The summed E-state index contributed by atoms with van der Waals surface area (Å²) in [6.45, 7) is 1.90. The van der Waals surface area contributed by atoms with Gasteiger partial charge in [0.1, 0.15) is 17.6 Å². The van der Waals surface area contributed by atoms with Gasteiger partial charge < -0.3 is 10.5 Å². The van der Waals surface area contributed by atoms with Gasteiger partial charge in [-0.05, 0) is 31.2 Å². The molecule has 1 unspecified atom stereocenters. The molecule has 96 valence electrons. The lowest BCUT2D eigenvalue weighted by Crippen LogP contribution is -2.06. The number of nitriles is 1. The first-order chi connectivity index (χ1) is 9.11. The zero-order valence-electron chi connectivity index (χ0n) is 10.4. The Morgan fingerprint density at radius 1 is 1.21 bits per heavy atom. The maximum absolute atomic E-state index is 9.07. The molecule has 2 aromatic carbocycles. The van der Waals surface area contributed by atoms with E-state index in [1.807, 2.05) is 31.2 Å². The Balaban J connectivity index is 2.43. The number of nitrogens with two attached hydrogens (primary N) is 1. The Bertz CT molecular complexity index is 632. The topological polar surface area (TPSA) is 59.0 Å². The fourth-order valence-corrected chi connectivity index (χ4v) is 2.08. The molecule has 1 atom stereocenters. The lowest BCUT2D eigenvalue weighted by Gasteiger charge is -2.14. The van der Waals surface area contributed by atoms with Crippen molar-refractivity contribution in [3.05, 3.63) is 58.1 Å². The number of nitrogens with zero attached hydrogens (tertiary/aromatic N) is 1. The summed E-state index contributed by atoms with van der Waals surface area (Å²) in [4.78, 5) is 0. The van der Waals surface area contributed by atoms with Gasteiger partial charge >= 0.3 is 0 Å². The minimum absolute atomic E-state index is 0.141. The third-order valence-corrected chi connectivity index (χ3v) is 3.19. The third kappa shape index (κ3) is 3.14. The predicted molar refractivity (Wildman–Crippen MR) is 78.0 cm³/mol. The van der Waals surface area contributed by atoms with Crippen LogP contribution < -0.4 is 10.5 Å². The molecule has 0 saturated carbocycles. The van der Waals surface area contributed by atoms with Crippen molar-refractivity contribution in [2.24, 2.45) is 5.73 Å². The van der Waals surface area contributed by atoms with Crippen LogP contribution in [-0.4, -0.2) is 0 Å². The molecule has 0 fully saturated rings. The van der Waals surface area contributed by atoms with Crippen LogP contribution in [0.15, 0.2) is 46.9 Å². The second-order valence-corrected chi connectivity index (χ2v) is 5.10. The molecule has 2 aromatic rings. The number of benzene rings is 2. The number of ether oxygens (including phenoxy) is 1. The second-order valence-electron chi connectivity index (χ2n) is 4.18. The summed E-state index contributed by atoms with van der Waals surface area (Å²) in [5.41, 5.74) is 7.33. The molecule has 0 heterocycles. The van der Waals surface area contributed by atoms with Crippen molar-refractivity contribution >= 4 is 15.9 Å². The van der Waals surface area contributed by atoms with Crippen LogP contribution in [0.1, 0.15) is 24.1 Å².